The molecule has 4 nitrogen and oxygen atoms in total. The third-order valence-corrected chi connectivity index (χ3v) is 3.02. The van der Waals surface area contributed by atoms with Gasteiger partial charge in [-0.2, -0.15) is 0 Å². The molecule has 0 saturated heterocycles. The minimum atomic E-state index is -0.580. The van der Waals surface area contributed by atoms with Gasteiger partial charge in [-0.15, -0.1) is 0 Å². The van der Waals surface area contributed by atoms with Gasteiger partial charge in [0.2, 0.25) is 0 Å². The van der Waals surface area contributed by atoms with Crippen LogP contribution in [0, 0.1) is 0 Å². The normalized spacial score (nSPS) is 14.1. The van der Waals surface area contributed by atoms with Crippen molar-refractivity contribution in [3.05, 3.63) is 29.8 Å². The number of benzene rings is 1. The summed E-state index contributed by atoms with van der Waals surface area (Å²) in [5.74, 6) is 0.825. The summed E-state index contributed by atoms with van der Waals surface area (Å²) in [6.45, 7) is 2.82. The zero-order chi connectivity index (χ0) is 14.1. The number of aliphatic hydroxyl groups is 1. The van der Waals surface area contributed by atoms with Crippen LogP contribution >= 0.6 is 0 Å². The van der Waals surface area contributed by atoms with E-state index in [0.29, 0.717) is 6.61 Å². The van der Waals surface area contributed by atoms with E-state index in [4.69, 9.17) is 14.2 Å². The van der Waals surface area contributed by atoms with Crippen molar-refractivity contribution < 1.29 is 19.3 Å². The van der Waals surface area contributed by atoms with E-state index in [1.54, 1.807) is 14.2 Å². The van der Waals surface area contributed by atoms with Crippen molar-refractivity contribution >= 4 is 0 Å². The van der Waals surface area contributed by atoms with E-state index in [-0.39, 0.29) is 12.7 Å². The molecular formula is C15H24O4. The van der Waals surface area contributed by atoms with E-state index < -0.39 is 6.10 Å². The highest BCUT2D eigenvalue weighted by molar-refractivity contribution is 5.26. The van der Waals surface area contributed by atoms with E-state index in [2.05, 4.69) is 6.92 Å². The number of methoxy groups -OCH3 is 2. The second-order valence-electron chi connectivity index (χ2n) is 4.49. The molecule has 0 spiro atoms. The summed E-state index contributed by atoms with van der Waals surface area (Å²) in [6.07, 6.45) is 1.08. The Morgan fingerprint density at radius 3 is 2.37 bits per heavy atom. The third-order valence-electron chi connectivity index (χ3n) is 3.02. The van der Waals surface area contributed by atoms with E-state index in [0.717, 1.165) is 24.2 Å². The van der Waals surface area contributed by atoms with Gasteiger partial charge in [0.25, 0.3) is 0 Å². The molecule has 0 heterocycles. The molecule has 2 atom stereocenters. The fraction of sp³-hybridized carbons (Fsp3) is 0.600. The van der Waals surface area contributed by atoms with Gasteiger partial charge in [0.1, 0.15) is 11.9 Å². The molecule has 0 amide bonds. The maximum atomic E-state index is 9.93. The Balaban J connectivity index is 2.32. The maximum Gasteiger partial charge on any atom is 0.118 e. The number of ether oxygens (including phenoxy) is 3. The molecule has 4 heteroatoms. The number of rotatable bonds is 9. The minimum Gasteiger partial charge on any atom is -0.497 e. The summed E-state index contributed by atoms with van der Waals surface area (Å²) in [5, 5.41) is 9.93. The molecule has 1 rings (SSSR count). The first-order valence-electron chi connectivity index (χ1n) is 6.62. The van der Waals surface area contributed by atoms with Gasteiger partial charge in [-0.3, -0.25) is 0 Å². The Morgan fingerprint density at radius 2 is 1.84 bits per heavy atom. The largest absolute Gasteiger partial charge is 0.497 e. The highest BCUT2D eigenvalue weighted by Crippen LogP contribution is 2.13. The van der Waals surface area contributed by atoms with E-state index in [1.807, 2.05) is 24.3 Å². The van der Waals surface area contributed by atoms with Crippen LogP contribution in [0.25, 0.3) is 0 Å². The average molecular weight is 268 g/mol. The molecule has 0 aromatic heterocycles. The Hall–Kier alpha value is -1.10. The van der Waals surface area contributed by atoms with E-state index in [9.17, 15) is 5.11 Å². The fourth-order valence-electron chi connectivity index (χ4n) is 1.88. The zero-order valence-corrected chi connectivity index (χ0v) is 12.0. The van der Waals surface area contributed by atoms with Crippen molar-refractivity contribution in [2.75, 3.05) is 20.8 Å². The molecule has 1 aromatic carbocycles. The smallest absolute Gasteiger partial charge is 0.118 e. The van der Waals surface area contributed by atoms with Crippen molar-refractivity contribution in [1.29, 1.82) is 0 Å². The molecule has 108 valence electrons. The van der Waals surface area contributed by atoms with Crippen molar-refractivity contribution in [1.82, 2.24) is 0 Å². The van der Waals surface area contributed by atoms with Crippen molar-refractivity contribution in [3.8, 4) is 5.75 Å². The lowest BCUT2D eigenvalue weighted by molar-refractivity contribution is -0.0620. The first-order valence-corrected chi connectivity index (χ1v) is 6.62. The summed E-state index contributed by atoms with van der Waals surface area (Å²) in [4.78, 5) is 0. The van der Waals surface area contributed by atoms with Crippen LogP contribution in [-0.2, 0) is 16.1 Å². The van der Waals surface area contributed by atoms with Crippen LogP contribution in [-0.4, -0.2) is 38.1 Å². The van der Waals surface area contributed by atoms with Gasteiger partial charge in [-0.25, -0.2) is 0 Å². The Labute approximate surface area is 115 Å². The summed E-state index contributed by atoms with van der Waals surface area (Å²) < 4.78 is 15.8. The van der Waals surface area contributed by atoms with Gasteiger partial charge in [-0.05, 0) is 24.1 Å². The second kappa shape index (κ2) is 8.91. The van der Waals surface area contributed by atoms with Crippen LogP contribution in [0.2, 0.25) is 0 Å². The highest BCUT2D eigenvalue weighted by atomic mass is 16.5. The molecule has 0 saturated carbocycles. The second-order valence-corrected chi connectivity index (χ2v) is 4.49. The molecule has 0 aliphatic heterocycles. The van der Waals surface area contributed by atoms with Gasteiger partial charge in [0, 0.05) is 7.11 Å². The first-order chi connectivity index (χ1) is 9.21. The predicted octanol–water partition coefficient (Wildman–Crippen LogP) is 2.39. The van der Waals surface area contributed by atoms with E-state index >= 15 is 0 Å². The SMILES string of the molecule is CCC[C@@H](OC)[C@@H](O)COCc1ccc(OC)cc1. The molecule has 1 aromatic rings. The molecule has 0 aliphatic carbocycles. The van der Waals surface area contributed by atoms with Gasteiger partial charge in [0.15, 0.2) is 0 Å². The highest BCUT2D eigenvalue weighted by Gasteiger charge is 2.17. The molecule has 0 unspecified atom stereocenters. The van der Waals surface area contributed by atoms with Crippen LogP contribution in [0.15, 0.2) is 24.3 Å². The molecule has 1 N–H and O–H groups in total. The molecule has 0 bridgehead atoms. The fourth-order valence-corrected chi connectivity index (χ4v) is 1.88. The lowest BCUT2D eigenvalue weighted by atomic mass is 10.1. The maximum absolute atomic E-state index is 9.93. The minimum absolute atomic E-state index is 0.152. The summed E-state index contributed by atoms with van der Waals surface area (Å²) in [5.41, 5.74) is 1.05. The number of hydrogen-bond donors (Lipinski definition) is 1. The standard InChI is InChI=1S/C15H24O4/c1-4-5-15(18-3)14(16)11-19-10-12-6-8-13(17-2)9-7-12/h6-9,14-16H,4-5,10-11H2,1-3H3/t14-,15+/m0/s1. The number of aliphatic hydroxyl groups excluding tert-OH is 1. The van der Waals surface area contributed by atoms with Crippen LogP contribution in [0.1, 0.15) is 25.3 Å². The molecular weight excluding hydrogens is 244 g/mol. The van der Waals surface area contributed by atoms with Gasteiger partial charge in [0.05, 0.1) is 26.4 Å². The summed E-state index contributed by atoms with van der Waals surface area (Å²) in [6, 6.07) is 7.68. The summed E-state index contributed by atoms with van der Waals surface area (Å²) >= 11 is 0. The average Bonchev–Trinajstić information content (AvgIpc) is 2.45. The summed E-state index contributed by atoms with van der Waals surface area (Å²) in [7, 11) is 3.26. The predicted molar refractivity (Wildman–Crippen MR) is 74.4 cm³/mol. The van der Waals surface area contributed by atoms with Gasteiger partial charge < -0.3 is 19.3 Å². The van der Waals surface area contributed by atoms with Crippen LogP contribution in [0.4, 0.5) is 0 Å². The van der Waals surface area contributed by atoms with Gasteiger partial charge >= 0.3 is 0 Å². The van der Waals surface area contributed by atoms with Crippen LogP contribution in [0.5, 0.6) is 5.75 Å². The van der Waals surface area contributed by atoms with Crippen molar-refractivity contribution in [2.45, 2.75) is 38.6 Å². The lowest BCUT2D eigenvalue weighted by Crippen LogP contribution is -2.32. The number of hydrogen-bond acceptors (Lipinski definition) is 4. The van der Waals surface area contributed by atoms with Crippen LogP contribution in [0.3, 0.4) is 0 Å². The van der Waals surface area contributed by atoms with Gasteiger partial charge in [-0.1, -0.05) is 25.5 Å². The Kier molecular flexibility index (Phi) is 7.48. The van der Waals surface area contributed by atoms with Crippen molar-refractivity contribution in [2.24, 2.45) is 0 Å². The first kappa shape index (κ1) is 16.0. The van der Waals surface area contributed by atoms with E-state index in [1.165, 1.54) is 0 Å². The molecule has 0 aliphatic rings. The molecule has 0 radical (unpaired) electrons. The Bertz CT molecular complexity index is 337. The third kappa shape index (κ3) is 5.59. The zero-order valence-electron chi connectivity index (χ0n) is 12.0. The quantitative estimate of drug-likeness (QED) is 0.747. The van der Waals surface area contributed by atoms with Crippen molar-refractivity contribution in [3.63, 3.8) is 0 Å². The lowest BCUT2D eigenvalue weighted by Gasteiger charge is -2.21. The monoisotopic (exact) mass is 268 g/mol. The van der Waals surface area contributed by atoms with Crippen LogP contribution < -0.4 is 4.74 Å². The topological polar surface area (TPSA) is 47.9 Å². The Morgan fingerprint density at radius 1 is 1.16 bits per heavy atom. The molecule has 0 fully saturated rings. The molecule has 19 heavy (non-hydrogen) atoms.